The third kappa shape index (κ3) is 5.08. The third-order valence-corrected chi connectivity index (χ3v) is 4.26. The summed E-state index contributed by atoms with van der Waals surface area (Å²) < 4.78 is 19.4. The summed E-state index contributed by atoms with van der Waals surface area (Å²) in [5.74, 6) is -0.915. The van der Waals surface area contributed by atoms with Gasteiger partial charge in [-0.05, 0) is 49.2 Å². The number of carbonyl (C=O) groups excluding carboxylic acids is 1. The Kier molecular flexibility index (Phi) is 8.16. The van der Waals surface area contributed by atoms with Gasteiger partial charge in [0.25, 0.3) is 0 Å². The fourth-order valence-corrected chi connectivity index (χ4v) is 3.11. The molecule has 25 heavy (non-hydrogen) atoms. The summed E-state index contributed by atoms with van der Waals surface area (Å²) >= 11 is 12.5. The average molecular weight is 407 g/mol. The Morgan fingerprint density at radius 1 is 1.28 bits per heavy atom. The Labute approximate surface area is 162 Å². The van der Waals surface area contributed by atoms with Crippen molar-refractivity contribution in [3.8, 4) is 11.1 Å². The number of carbonyl (C=O) groups is 1. The molecule has 2 N–H and O–H groups in total. The summed E-state index contributed by atoms with van der Waals surface area (Å²) in [6.45, 7) is 3.58. The Morgan fingerprint density at radius 2 is 1.88 bits per heavy atom. The van der Waals surface area contributed by atoms with Crippen LogP contribution >= 0.6 is 35.6 Å². The highest BCUT2D eigenvalue weighted by atomic mass is 35.5. The zero-order valence-electron chi connectivity index (χ0n) is 13.8. The number of aryl methyl sites for hydroxylation is 1. The summed E-state index contributed by atoms with van der Waals surface area (Å²) in [5, 5.41) is 0.914. The predicted octanol–water partition coefficient (Wildman–Crippen LogP) is 5.48. The molecule has 2 aromatic carbocycles. The second kappa shape index (κ2) is 9.39. The van der Waals surface area contributed by atoms with Crippen molar-refractivity contribution in [1.29, 1.82) is 0 Å². The van der Waals surface area contributed by atoms with E-state index in [-0.39, 0.29) is 31.0 Å². The Hall–Kier alpha value is -1.33. The van der Waals surface area contributed by atoms with Crippen molar-refractivity contribution >= 4 is 41.6 Å². The molecule has 0 aromatic heterocycles. The highest BCUT2D eigenvalue weighted by molar-refractivity contribution is 6.39. The van der Waals surface area contributed by atoms with Crippen LogP contribution < -0.4 is 5.73 Å². The summed E-state index contributed by atoms with van der Waals surface area (Å²) in [5.41, 5.74) is 7.90. The van der Waals surface area contributed by atoms with E-state index >= 15 is 0 Å². The van der Waals surface area contributed by atoms with E-state index in [0.29, 0.717) is 26.7 Å². The summed E-state index contributed by atoms with van der Waals surface area (Å²) in [7, 11) is 0. The van der Waals surface area contributed by atoms with Crippen LogP contribution in [0.2, 0.25) is 10.0 Å². The van der Waals surface area contributed by atoms with Gasteiger partial charge in [-0.25, -0.2) is 4.39 Å². The first-order valence-corrected chi connectivity index (χ1v) is 8.26. The first-order chi connectivity index (χ1) is 11.3. The minimum absolute atomic E-state index is 0. The van der Waals surface area contributed by atoms with Crippen molar-refractivity contribution in [2.24, 2.45) is 5.73 Å². The maximum absolute atomic E-state index is 14.5. The number of benzene rings is 2. The highest BCUT2D eigenvalue weighted by Crippen LogP contribution is 2.37. The zero-order chi connectivity index (χ0) is 17.9. The molecule has 7 heteroatoms. The minimum atomic E-state index is -0.816. The van der Waals surface area contributed by atoms with Crippen molar-refractivity contribution in [3.63, 3.8) is 0 Å². The number of halogens is 4. The Bertz CT molecular complexity index is 748. The number of nitrogens with two attached hydrogens (primary N) is 1. The van der Waals surface area contributed by atoms with Crippen LogP contribution in [0, 0.1) is 12.7 Å². The fourth-order valence-electron chi connectivity index (χ4n) is 2.49. The first-order valence-electron chi connectivity index (χ1n) is 7.50. The SMILES string of the molecule is CCOC(=O)CC(N)c1cc(-c2c(Cl)cccc2Cl)cc(C)c1F.Cl. The molecular formula is C18H19Cl3FNO2. The van der Waals surface area contributed by atoms with Crippen molar-refractivity contribution in [3.05, 3.63) is 57.3 Å². The Balaban J connectivity index is 0.00000312. The number of esters is 1. The molecule has 2 rings (SSSR count). The average Bonchev–Trinajstić information content (AvgIpc) is 2.50. The van der Waals surface area contributed by atoms with Gasteiger partial charge in [-0.15, -0.1) is 12.4 Å². The van der Waals surface area contributed by atoms with E-state index in [9.17, 15) is 9.18 Å². The lowest BCUT2D eigenvalue weighted by molar-refractivity contribution is -0.143. The molecule has 0 radical (unpaired) electrons. The lowest BCUT2D eigenvalue weighted by Crippen LogP contribution is -2.19. The number of ether oxygens (including phenoxy) is 1. The van der Waals surface area contributed by atoms with Gasteiger partial charge in [-0.3, -0.25) is 4.79 Å². The first kappa shape index (κ1) is 21.7. The molecule has 0 saturated heterocycles. The normalized spacial score (nSPS) is 11.6. The van der Waals surface area contributed by atoms with Crippen molar-refractivity contribution in [2.75, 3.05) is 6.61 Å². The molecule has 0 saturated carbocycles. The molecule has 1 unspecified atom stereocenters. The largest absolute Gasteiger partial charge is 0.466 e. The van der Waals surface area contributed by atoms with E-state index < -0.39 is 17.8 Å². The lowest BCUT2D eigenvalue weighted by Gasteiger charge is -2.17. The predicted molar refractivity (Wildman–Crippen MR) is 102 cm³/mol. The van der Waals surface area contributed by atoms with Gasteiger partial charge in [-0.2, -0.15) is 0 Å². The van der Waals surface area contributed by atoms with E-state index in [1.807, 2.05) is 0 Å². The molecule has 0 amide bonds. The van der Waals surface area contributed by atoms with Gasteiger partial charge < -0.3 is 10.5 Å². The topological polar surface area (TPSA) is 52.3 Å². The smallest absolute Gasteiger partial charge is 0.307 e. The summed E-state index contributed by atoms with van der Waals surface area (Å²) in [6, 6.07) is 7.57. The maximum atomic E-state index is 14.5. The second-order valence-electron chi connectivity index (χ2n) is 5.41. The van der Waals surface area contributed by atoms with E-state index in [0.717, 1.165) is 0 Å². The van der Waals surface area contributed by atoms with Crippen molar-refractivity contribution in [2.45, 2.75) is 26.3 Å². The summed E-state index contributed by atoms with van der Waals surface area (Å²) in [4.78, 5) is 11.6. The van der Waals surface area contributed by atoms with E-state index in [2.05, 4.69) is 0 Å². The molecule has 2 aromatic rings. The minimum Gasteiger partial charge on any atom is -0.466 e. The highest BCUT2D eigenvalue weighted by Gasteiger charge is 2.20. The van der Waals surface area contributed by atoms with Gasteiger partial charge in [0.1, 0.15) is 5.82 Å². The molecule has 3 nitrogen and oxygen atoms in total. The molecule has 0 aliphatic carbocycles. The standard InChI is InChI=1S/C18H18Cl2FNO2.ClH/c1-3-24-16(23)9-15(22)12-8-11(7-10(2)18(12)21)17-13(19)5-4-6-14(17)20;/h4-8,15H,3,9,22H2,1-2H3;1H. The van der Waals surface area contributed by atoms with Gasteiger partial charge in [0, 0.05) is 27.2 Å². The molecule has 0 aliphatic rings. The van der Waals surface area contributed by atoms with Gasteiger partial charge in [0.15, 0.2) is 0 Å². The monoisotopic (exact) mass is 405 g/mol. The molecule has 1 atom stereocenters. The van der Waals surface area contributed by atoms with Crippen LogP contribution in [0.4, 0.5) is 4.39 Å². The van der Waals surface area contributed by atoms with Crippen LogP contribution in [0.25, 0.3) is 11.1 Å². The molecule has 0 aliphatic heterocycles. The number of rotatable bonds is 5. The van der Waals surface area contributed by atoms with Gasteiger partial charge in [0.2, 0.25) is 0 Å². The van der Waals surface area contributed by atoms with Crippen LogP contribution in [0.3, 0.4) is 0 Å². The van der Waals surface area contributed by atoms with Gasteiger partial charge in [-0.1, -0.05) is 29.3 Å². The van der Waals surface area contributed by atoms with Crippen LogP contribution in [0.15, 0.2) is 30.3 Å². The maximum Gasteiger partial charge on any atom is 0.307 e. The van der Waals surface area contributed by atoms with Crippen LogP contribution in [0.5, 0.6) is 0 Å². The third-order valence-electron chi connectivity index (χ3n) is 3.63. The molecule has 136 valence electrons. The van der Waals surface area contributed by atoms with Crippen LogP contribution in [-0.2, 0) is 9.53 Å². The van der Waals surface area contributed by atoms with Gasteiger partial charge in [0.05, 0.1) is 13.0 Å². The number of hydrogen-bond donors (Lipinski definition) is 1. The fraction of sp³-hybridized carbons (Fsp3) is 0.278. The molecule has 0 bridgehead atoms. The zero-order valence-corrected chi connectivity index (χ0v) is 16.1. The molecule has 0 heterocycles. The molecular weight excluding hydrogens is 388 g/mol. The van der Waals surface area contributed by atoms with Gasteiger partial charge >= 0.3 is 5.97 Å². The van der Waals surface area contributed by atoms with Crippen molar-refractivity contribution < 1.29 is 13.9 Å². The van der Waals surface area contributed by atoms with Crippen molar-refractivity contribution in [1.82, 2.24) is 0 Å². The lowest BCUT2D eigenvalue weighted by atomic mass is 9.95. The van der Waals surface area contributed by atoms with Crippen LogP contribution in [0.1, 0.15) is 30.5 Å². The van der Waals surface area contributed by atoms with Crippen LogP contribution in [-0.4, -0.2) is 12.6 Å². The molecule has 0 fully saturated rings. The quantitative estimate of drug-likeness (QED) is 0.669. The van der Waals surface area contributed by atoms with E-state index in [4.69, 9.17) is 33.7 Å². The molecule has 0 spiro atoms. The van der Waals surface area contributed by atoms with E-state index in [1.54, 1.807) is 44.2 Å². The Morgan fingerprint density at radius 3 is 2.44 bits per heavy atom. The number of hydrogen-bond acceptors (Lipinski definition) is 3. The second-order valence-corrected chi connectivity index (χ2v) is 6.22. The van der Waals surface area contributed by atoms with E-state index in [1.165, 1.54) is 0 Å². The summed E-state index contributed by atoms with van der Waals surface area (Å²) in [6.07, 6.45) is -0.107.